The van der Waals surface area contributed by atoms with Crippen LogP contribution in [-0.4, -0.2) is 0 Å². The normalized spacial score (nSPS) is 18.9. The average Bonchev–Trinajstić information content (AvgIpc) is 2.77. The predicted molar refractivity (Wildman–Crippen MR) is 132 cm³/mol. The van der Waals surface area contributed by atoms with Crippen LogP contribution in [0.3, 0.4) is 0 Å². The molecular weight excluding hydrogens is 414 g/mol. The largest absolute Gasteiger partial charge is 0.429 e. The minimum absolute atomic E-state index is 0.102. The highest BCUT2D eigenvalue weighted by atomic mass is 19.3. The Morgan fingerprint density at radius 2 is 1.30 bits per heavy atom. The number of hydrogen-bond donors (Lipinski definition) is 0. The van der Waals surface area contributed by atoms with E-state index in [1.54, 1.807) is 25.1 Å². The van der Waals surface area contributed by atoms with Crippen molar-refractivity contribution in [3.63, 3.8) is 0 Å². The third-order valence-corrected chi connectivity index (χ3v) is 7.42. The lowest BCUT2D eigenvalue weighted by atomic mass is 9.79. The summed E-state index contributed by atoms with van der Waals surface area (Å²) in [6, 6.07) is 17.1. The van der Waals surface area contributed by atoms with Gasteiger partial charge in [-0.25, -0.2) is 0 Å². The van der Waals surface area contributed by atoms with E-state index in [1.165, 1.54) is 37.3 Å². The summed E-state index contributed by atoms with van der Waals surface area (Å²) in [5.41, 5.74) is 6.78. The minimum atomic E-state index is -3.40. The molecule has 0 radical (unpaired) electrons. The molecule has 1 aliphatic rings. The van der Waals surface area contributed by atoms with Crippen LogP contribution in [0.5, 0.6) is 5.75 Å². The highest BCUT2D eigenvalue weighted by Crippen LogP contribution is 2.38. The Morgan fingerprint density at radius 3 is 1.88 bits per heavy atom. The fourth-order valence-electron chi connectivity index (χ4n) is 4.97. The summed E-state index contributed by atoms with van der Waals surface area (Å²) in [6.45, 7) is 9.86. The van der Waals surface area contributed by atoms with Crippen molar-refractivity contribution in [1.82, 2.24) is 0 Å². The van der Waals surface area contributed by atoms with Crippen molar-refractivity contribution >= 4 is 0 Å². The van der Waals surface area contributed by atoms with Gasteiger partial charge in [0.2, 0.25) is 0 Å². The van der Waals surface area contributed by atoms with Crippen LogP contribution in [0.25, 0.3) is 11.1 Å². The van der Waals surface area contributed by atoms with E-state index in [9.17, 15) is 0 Å². The van der Waals surface area contributed by atoms with E-state index < -0.39 is 6.11 Å². The number of hydrogen-bond acceptors (Lipinski definition) is 1. The zero-order valence-electron chi connectivity index (χ0n) is 20.3. The van der Waals surface area contributed by atoms with Gasteiger partial charge in [0.1, 0.15) is 5.75 Å². The first-order valence-electron chi connectivity index (χ1n) is 12.0. The van der Waals surface area contributed by atoms with E-state index in [-0.39, 0.29) is 11.3 Å². The number of rotatable bonds is 5. The summed E-state index contributed by atoms with van der Waals surface area (Å²) in [7, 11) is 0. The maximum Gasteiger partial charge on any atom is 0.426 e. The number of alkyl halides is 2. The zero-order valence-corrected chi connectivity index (χ0v) is 20.3. The molecule has 1 nitrogen and oxygen atoms in total. The Bertz CT molecular complexity index is 1100. The van der Waals surface area contributed by atoms with Gasteiger partial charge < -0.3 is 4.74 Å². The fourth-order valence-corrected chi connectivity index (χ4v) is 4.97. The second-order valence-electron chi connectivity index (χ2n) is 9.91. The van der Waals surface area contributed by atoms with E-state index in [0.717, 1.165) is 33.7 Å². The lowest BCUT2D eigenvalue weighted by Gasteiger charge is -2.26. The van der Waals surface area contributed by atoms with Crippen LogP contribution in [0, 0.1) is 33.6 Å². The molecule has 3 aromatic rings. The molecule has 1 fully saturated rings. The third kappa shape index (κ3) is 5.13. The molecule has 0 heterocycles. The molecule has 4 rings (SSSR count). The van der Waals surface area contributed by atoms with Crippen LogP contribution in [0.1, 0.15) is 71.9 Å². The van der Waals surface area contributed by atoms with Crippen LogP contribution in [0.4, 0.5) is 8.78 Å². The van der Waals surface area contributed by atoms with Gasteiger partial charge in [-0.05, 0) is 110 Å². The SMILES string of the molecule is Cc1cc(-c2ccc(C3CCC(C)CC3)cc2)ccc1C(F)(F)Oc1cc(C)c(C)c(C)c1. The van der Waals surface area contributed by atoms with Crippen LogP contribution < -0.4 is 4.74 Å². The van der Waals surface area contributed by atoms with Crippen LogP contribution >= 0.6 is 0 Å². The molecule has 0 N–H and O–H groups in total. The second-order valence-corrected chi connectivity index (χ2v) is 9.91. The van der Waals surface area contributed by atoms with Crippen LogP contribution in [-0.2, 0) is 6.11 Å². The first kappa shape index (κ1) is 23.5. The molecule has 1 aliphatic carbocycles. The molecule has 0 aromatic heterocycles. The van der Waals surface area contributed by atoms with E-state index >= 15 is 8.78 Å². The maximum absolute atomic E-state index is 15.1. The molecule has 0 spiro atoms. The molecule has 33 heavy (non-hydrogen) atoms. The lowest BCUT2D eigenvalue weighted by molar-refractivity contribution is -0.185. The average molecular weight is 449 g/mol. The van der Waals surface area contributed by atoms with E-state index in [1.807, 2.05) is 26.8 Å². The predicted octanol–water partition coefficient (Wildman–Crippen LogP) is 9.01. The third-order valence-electron chi connectivity index (χ3n) is 7.42. The highest BCUT2D eigenvalue weighted by Gasteiger charge is 2.36. The first-order valence-corrected chi connectivity index (χ1v) is 12.0. The summed E-state index contributed by atoms with van der Waals surface area (Å²) in [5, 5.41) is 0. The van der Waals surface area contributed by atoms with Gasteiger partial charge in [0.15, 0.2) is 0 Å². The van der Waals surface area contributed by atoms with Crippen LogP contribution in [0.2, 0.25) is 0 Å². The van der Waals surface area contributed by atoms with Gasteiger partial charge in [-0.3, -0.25) is 0 Å². The quantitative estimate of drug-likeness (QED) is 0.378. The van der Waals surface area contributed by atoms with E-state index in [2.05, 4.69) is 31.2 Å². The Kier molecular flexibility index (Phi) is 6.61. The molecule has 3 heteroatoms. The molecule has 1 saturated carbocycles. The standard InChI is InChI=1S/C30H34F2O/c1-19-6-8-24(9-7-19)25-10-12-26(13-11-25)27-14-15-29(22(4)16-27)30(31,32)33-28-17-20(2)23(5)21(3)18-28/h10-19,24H,6-9H2,1-5H3. The smallest absolute Gasteiger partial charge is 0.426 e. The summed E-state index contributed by atoms with van der Waals surface area (Å²) >= 11 is 0. The van der Waals surface area contributed by atoms with E-state index in [4.69, 9.17) is 4.74 Å². The van der Waals surface area contributed by atoms with Gasteiger partial charge in [-0.15, -0.1) is 0 Å². The molecule has 0 aliphatic heterocycles. The topological polar surface area (TPSA) is 9.23 Å². The van der Waals surface area contributed by atoms with Crippen molar-refractivity contribution in [2.75, 3.05) is 0 Å². The van der Waals surface area contributed by atoms with Gasteiger partial charge in [-0.1, -0.05) is 56.2 Å². The molecule has 3 aromatic carbocycles. The van der Waals surface area contributed by atoms with Crippen molar-refractivity contribution in [3.8, 4) is 16.9 Å². The second kappa shape index (κ2) is 9.29. The van der Waals surface area contributed by atoms with Crippen molar-refractivity contribution < 1.29 is 13.5 Å². The summed E-state index contributed by atoms with van der Waals surface area (Å²) in [5.74, 6) is 1.67. The summed E-state index contributed by atoms with van der Waals surface area (Å²) < 4.78 is 35.3. The monoisotopic (exact) mass is 448 g/mol. The lowest BCUT2D eigenvalue weighted by Crippen LogP contribution is -2.23. The molecule has 174 valence electrons. The van der Waals surface area contributed by atoms with Gasteiger partial charge in [0.25, 0.3) is 0 Å². The number of aryl methyl sites for hydroxylation is 3. The minimum Gasteiger partial charge on any atom is -0.429 e. The van der Waals surface area contributed by atoms with Crippen molar-refractivity contribution in [2.24, 2.45) is 5.92 Å². The highest BCUT2D eigenvalue weighted by molar-refractivity contribution is 5.65. The van der Waals surface area contributed by atoms with Gasteiger partial charge in [-0.2, -0.15) is 8.78 Å². The fraction of sp³-hybridized carbons (Fsp3) is 0.400. The Balaban J connectivity index is 1.52. The number of halogens is 2. The molecule has 0 atom stereocenters. The first-order chi connectivity index (χ1) is 15.6. The zero-order chi connectivity index (χ0) is 23.8. The summed E-state index contributed by atoms with van der Waals surface area (Å²) in [4.78, 5) is 0. The molecular formula is C30H34F2O. The molecule has 0 bridgehead atoms. The van der Waals surface area contributed by atoms with Gasteiger partial charge in [0.05, 0.1) is 5.56 Å². The van der Waals surface area contributed by atoms with Crippen molar-refractivity contribution in [3.05, 3.63) is 88.0 Å². The molecule has 0 amide bonds. The van der Waals surface area contributed by atoms with Crippen LogP contribution in [0.15, 0.2) is 54.6 Å². The van der Waals surface area contributed by atoms with Gasteiger partial charge in [0, 0.05) is 0 Å². The Morgan fingerprint density at radius 1 is 0.727 bits per heavy atom. The maximum atomic E-state index is 15.1. The van der Waals surface area contributed by atoms with Gasteiger partial charge >= 0.3 is 6.11 Å². The summed E-state index contributed by atoms with van der Waals surface area (Å²) in [6.07, 6.45) is 1.70. The number of ether oxygens (including phenoxy) is 1. The Labute approximate surface area is 196 Å². The number of benzene rings is 3. The van der Waals surface area contributed by atoms with E-state index in [0.29, 0.717) is 11.5 Å². The Hall–Kier alpha value is -2.68. The van der Waals surface area contributed by atoms with Crippen molar-refractivity contribution in [1.29, 1.82) is 0 Å². The van der Waals surface area contributed by atoms with Crippen molar-refractivity contribution in [2.45, 2.75) is 72.3 Å². The molecule has 0 saturated heterocycles. The molecule has 0 unspecified atom stereocenters.